The van der Waals surface area contributed by atoms with Crippen molar-refractivity contribution < 1.29 is 0 Å². The highest BCUT2D eigenvalue weighted by molar-refractivity contribution is 5.70. The minimum Gasteiger partial charge on any atom is -0.306 e. The van der Waals surface area contributed by atoms with Crippen molar-refractivity contribution in [3.63, 3.8) is 0 Å². The van der Waals surface area contributed by atoms with Crippen LogP contribution in [0.5, 0.6) is 0 Å². The fourth-order valence-corrected chi connectivity index (χ4v) is 0.965. The maximum atomic E-state index is 5.25. The van der Waals surface area contributed by atoms with E-state index in [1.54, 1.807) is 6.08 Å². The van der Waals surface area contributed by atoms with E-state index in [2.05, 4.69) is 22.2 Å². The Labute approximate surface area is 71.1 Å². The number of nitrogens with one attached hydrogen (secondary N) is 2. The monoisotopic (exact) mass is 164 g/mol. The van der Waals surface area contributed by atoms with Gasteiger partial charge in [-0.15, -0.1) is 0 Å². The fraction of sp³-hybridized carbons (Fsp3) is 0.125. The lowest BCUT2D eigenvalue weighted by atomic mass is 10.2. The first kappa shape index (κ1) is 8.55. The minimum absolute atomic E-state index is 0.628. The summed E-state index contributed by atoms with van der Waals surface area (Å²) in [4.78, 5) is 0. The molecule has 4 nitrogen and oxygen atoms in total. The Bertz CT molecular complexity index is 298. The van der Waals surface area contributed by atoms with E-state index in [0.29, 0.717) is 5.82 Å². The number of nitrogens with two attached hydrogens (primary N) is 1. The second-order valence-corrected chi connectivity index (χ2v) is 2.25. The number of nitrogen functional groups attached to an aromatic ring is 1. The predicted molar refractivity (Wildman–Crippen MR) is 51.2 cm³/mol. The van der Waals surface area contributed by atoms with Gasteiger partial charge in [-0.2, -0.15) is 5.10 Å². The van der Waals surface area contributed by atoms with Crippen molar-refractivity contribution in [1.29, 1.82) is 0 Å². The number of allylic oxidation sites excluding steroid dienone is 1. The molecule has 64 valence electrons. The Morgan fingerprint density at radius 2 is 2.42 bits per heavy atom. The lowest BCUT2D eigenvalue weighted by molar-refractivity contribution is 1.07. The SMILES string of the molecule is C=Cc1[nH]nc(NN)c1/C=C\C. The van der Waals surface area contributed by atoms with E-state index in [4.69, 9.17) is 5.84 Å². The quantitative estimate of drug-likeness (QED) is 0.467. The molecule has 1 heterocycles. The number of H-pyrrole nitrogens is 1. The summed E-state index contributed by atoms with van der Waals surface area (Å²) in [7, 11) is 0. The molecule has 0 fully saturated rings. The molecule has 0 aliphatic carbocycles. The normalized spacial score (nSPS) is 10.5. The number of nitrogens with zero attached hydrogens (tertiary/aromatic N) is 1. The van der Waals surface area contributed by atoms with Crippen LogP contribution < -0.4 is 11.3 Å². The van der Waals surface area contributed by atoms with Crippen LogP contribution in [0.3, 0.4) is 0 Å². The average molecular weight is 164 g/mol. The van der Waals surface area contributed by atoms with Gasteiger partial charge in [0.2, 0.25) is 0 Å². The van der Waals surface area contributed by atoms with E-state index in [-0.39, 0.29) is 0 Å². The smallest absolute Gasteiger partial charge is 0.169 e. The van der Waals surface area contributed by atoms with E-state index in [0.717, 1.165) is 11.3 Å². The summed E-state index contributed by atoms with van der Waals surface area (Å²) >= 11 is 0. The molecule has 0 radical (unpaired) electrons. The molecule has 4 heteroatoms. The average Bonchev–Trinajstić information content (AvgIpc) is 2.48. The Balaban J connectivity index is 3.15. The zero-order valence-corrected chi connectivity index (χ0v) is 6.96. The lowest BCUT2D eigenvalue weighted by Gasteiger charge is -1.95. The molecule has 1 rings (SSSR count). The van der Waals surface area contributed by atoms with Crippen LogP contribution in [0, 0.1) is 0 Å². The Morgan fingerprint density at radius 3 is 2.92 bits per heavy atom. The van der Waals surface area contributed by atoms with Crippen LogP contribution in [0.25, 0.3) is 12.2 Å². The molecule has 0 aliphatic heterocycles. The van der Waals surface area contributed by atoms with Gasteiger partial charge in [-0.05, 0) is 13.0 Å². The molecule has 12 heavy (non-hydrogen) atoms. The molecule has 0 saturated heterocycles. The zero-order valence-electron chi connectivity index (χ0n) is 6.96. The highest BCUT2D eigenvalue weighted by Gasteiger charge is 2.05. The van der Waals surface area contributed by atoms with E-state index in [1.165, 1.54) is 0 Å². The van der Waals surface area contributed by atoms with E-state index < -0.39 is 0 Å². The number of rotatable bonds is 3. The van der Waals surface area contributed by atoms with Crippen LogP contribution in [0.4, 0.5) is 5.82 Å². The first-order chi connectivity index (χ1) is 5.83. The van der Waals surface area contributed by atoms with Crippen LogP contribution in [0.15, 0.2) is 12.7 Å². The summed E-state index contributed by atoms with van der Waals surface area (Å²) < 4.78 is 0. The van der Waals surface area contributed by atoms with Gasteiger partial charge >= 0.3 is 0 Å². The Kier molecular flexibility index (Phi) is 2.66. The summed E-state index contributed by atoms with van der Waals surface area (Å²) in [5.41, 5.74) is 4.28. The van der Waals surface area contributed by atoms with Gasteiger partial charge in [-0.3, -0.25) is 5.10 Å². The molecule has 0 aliphatic rings. The van der Waals surface area contributed by atoms with Crippen molar-refractivity contribution in [2.75, 3.05) is 5.43 Å². The molecule has 0 aromatic carbocycles. The van der Waals surface area contributed by atoms with Crippen molar-refractivity contribution in [2.45, 2.75) is 6.92 Å². The third-order valence-corrected chi connectivity index (χ3v) is 1.51. The van der Waals surface area contributed by atoms with Gasteiger partial charge in [0, 0.05) is 5.56 Å². The molecule has 0 atom stereocenters. The third kappa shape index (κ3) is 1.38. The summed E-state index contributed by atoms with van der Waals surface area (Å²) in [5, 5.41) is 6.74. The van der Waals surface area contributed by atoms with Crippen LogP contribution in [-0.4, -0.2) is 10.2 Å². The second kappa shape index (κ2) is 3.73. The molecule has 1 aromatic heterocycles. The molecule has 1 aromatic rings. The van der Waals surface area contributed by atoms with Gasteiger partial charge in [-0.25, -0.2) is 5.84 Å². The number of hydrazine groups is 1. The van der Waals surface area contributed by atoms with Gasteiger partial charge in [0.1, 0.15) is 0 Å². The maximum absolute atomic E-state index is 5.25. The van der Waals surface area contributed by atoms with Crippen molar-refractivity contribution in [3.8, 4) is 0 Å². The standard InChI is InChI=1S/C8H12N4/c1-3-5-6-7(4-2)11-12-8(6)10-9/h3-5H,2,9H2,1H3,(H2,10,11,12)/b5-3-. The molecular weight excluding hydrogens is 152 g/mol. The topological polar surface area (TPSA) is 66.7 Å². The molecule has 0 spiro atoms. The largest absolute Gasteiger partial charge is 0.306 e. The number of hydrogen-bond donors (Lipinski definition) is 3. The molecule has 4 N–H and O–H groups in total. The van der Waals surface area contributed by atoms with Gasteiger partial charge in [-0.1, -0.05) is 18.7 Å². The van der Waals surface area contributed by atoms with Gasteiger partial charge < -0.3 is 5.43 Å². The lowest BCUT2D eigenvalue weighted by Crippen LogP contribution is -2.08. The van der Waals surface area contributed by atoms with E-state index in [9.17, 15) is 0 Å². The van der Waals surface area contributed by atoms with Gasteiger partial charge in [0.25, 0.3) is 0 Å². The highest BCUT2D eigenvalue weighted by Crippen LogP contribution is 2.17. The summed E-state index contributed by atoms with van der Waals surface area (Å²) in [6.07, 6.45) is 5.53. The highest BCUT2D eigenvalue weighted by atomic mass is 15.3. The maximum Gasteiger partial charge on any atom is 0.169 e. The number of hydrogen-bond acceptors (Lipinski definition) is 3. The predicted octanol–water partition coefficient (Wildman–Crippen LogP) is 1.37. The number of aromatic nitrogens is 2. The third-order valence-electron chi connectivity index (χ3n) is 1.51. The van der Waals surface area contributed by atoms with Crippen LogP contribution in [-0.2, 0) is 0 Å². The minimum atomic E-state index is 0.628. The first-order valence-corrected chi connectivity index (χ1v) is 3.63. The van der Waals surface area contributed by atoms with Gasteiger partial charge in [0.05, 0.1) is 5.69 Å². The molecule has 0 bridgehead atoms. The van der Waals surface area contributed by atoms with Crippen LogP contribution in [0.2, 0.25) is 0 Å². The molecule has 0 amide bonds. The Hall–Kier alpha value is -1.55. The molecular formula is C8H12N4. The second-order valence-electron chi connectivity index (χ2n) is 2.25. The van der Waals surface area contributed by atoms with Crippen LogP contribution >= 0.6 is 0 Å². The summed E-state index contributed by atoms with van der Waals surface area (Å²) in [6, 6.07) is 0. The fourth-order valence-electron chi connectivity index (χ4n) is 0.965. The van der Waals surface area contributed by atoms with E-state index >= 15 is 0 Å². The first-order valence-electron chi connectivity index (χ1n) is 3.63. The summed E-state index contributed by atoms with van der Waals surface area (Å²) in [5.74, 6) is 5.88. The summed E-state index contributed by atoms with van der Waals surface area (Å²) in [6.45, 7) is 5.58. The molecule has 0 saturated carbocycles. The Morgan fingerprint density at radius 1 is 1.67 bits per heavy atom. The van der Waals surface area contributed by atoms with Crippen molar-refractivity contribution in [2.24, 2.45) is 5.84 Å². The molecule has 0 unspecified atom stereocenters. The zero-order chi connectivity index (χ0) is 8.97. The van der Waals surface area contributed by atoms with Crippen molar-refractivity contribution in [1.82, 2.24) is 10.2 Å². The van der Waals surface area contributed by atoms with Crippen LogP contribution in [0.1, 0.15) is 18.2 Å². The van der Waals surface area contributed by atoms with Crippen molar-refractivity contribution >= 4 is 18.0 Å². The van der Waals surface area contributed by atoms with Gasteiger partial charge in [0.15, 0.2) is 5.82 Å². The number of anilines is 1. The van der Waals surface area contributed by atoms with E-state index in [1.807, 2.05) is 19.1 Å². The number of aromatic amines is 1. The van der Waals surface area contributed by atoms with Crippen molar-refractivity contribution in [3.05, 3.63) is 23.9 Å².